The van der Waals surface area contributed by atoms with Gasteiger partial charge in [-0.1, -0.05) is 131 Å². The van der Waals surface area contributed by atoms with Crippen LogP contribution in [0.4, 0.5) is 11.4 Å². The van der Waals surface area contributed by atoms with Gasteiger partial charge in [0.2, 0.25) is 0 Å². The molecule has 0 fully saturated rings. The summed E-state index contributed by atoms with van der Waals surface area (Å²) in [5.74, 6) is 0. The van der Waals surface area contributed by atoms with Crippen LogP contribution >= 0.6 is 11.3 Å². The van der Waals surface area contributed by atoms with E-state index in [0.29, 0.717) is 0 Å². The Morgan fingerprint density at radius 2 is 1.18 bits per heavy atom. The molecule has 67 heavy (non-hydrogen) atoms. The molecule has 14 rings (SSSR count). The fourth-order valence-electron chi connectivity index (χ4n) is 13.5. The minimum Gasteiger partial charge on any atom is -0.455 e. The smallest absolute Gasteiger partial charge is 0.333 e. The van der Waals surface area contributed by atoms with E-state index in [1.807, 2.05) is 11.3 Å². The van der Waals surface area contributed by atoms with Gasteiger partial charge in [-0.3, -0.25) is 0 Å². The van der Waals surface area contributed by atoms with E-state index in [1.54, 1.807) is 0 Å². The molecule has 3 aromatic heterocycles. The van der Waals surface area contributed by atoms with Crippen LogP contribution in [-0.2, 0) is 27.1 Å². The lowest BCUT2D eigenvalue weighted by molar-refractivity contribution is 0.332. The molecule has 0 amide bonds. The zero-order chi connectivity index (χ0) is 46.1. The fourth-order valence-corrected chi connectivity index (χ4v) is 14.6. The third-order valence-corrected chi connectivity index (χ3v) is 18.8. The molecule has 0 bridgehead atoms. The van der Waals surface area contributed by atoms with Crippen molar-refractivity contribution in [2.75, 3.05) is 4.81 Å². The van der Waals surface area contributed by atoms with Crippen molar-refractivity contribution in [3.8, 4) is 16.8 Å². The molecule has 0 atom stereocenters. The number of fused-ring (bicyclic) bond motifs is 18. The molecule has 5 heteroatoms. The maximum Gasteiger partial charge on any atom is 0.333 e. The molecule has 0 spiro atoms. The maximum absolute atomic E-state index is 7.44. The van der Waals surface area contributed by atoms with E-state index in [1.165, 1.54) is 133 Å². The monoisotopic (exact) mass is 890 g/mol. The quantitative estimate of drug-likeness (QED) is 0.153. The Morgan fingerprint density at radius 1 is 0.567 bits per heavy atom. The summed E-state index contributed by atoms with van der Waals surface area (Å²) in [6.45, 7) is 26.6. The molecule has 0 N–H and O–H groups in total. The van der Waals surface area contributed by atoms with E-state index < -0.39 is 0 Å². The van der Waals surface area contributed by atoms with Crippen molar-refractivity contribution in [3.05, 3.63) is 137 Å². The summed E-state index contributed by atoms with van der Waals surface area (Å²) in [5.41, 5.74) is 21.1. The van der Waals surface area contributed by atoms with Gasteiger partial charge in [0.25, 0.3) is 0 Å². The van der Waals surface area contributed by atoms with E-state index in [9.17, 15) is 0 Å². The third-order valence-electron chi connectivity index (χ3n) is 17.6. The summed E-state index contributed by atoms with van der Waals surface area (Å²) < 4.78 is 12.8. The third kappa shape index (κ3) is 5.20. The van der Waals surface area contributed by atoms with Crippen molar-refractivity contribution >= 4 is 104 Å². The van der Waals surface area contributed by atoms with Crippen molar-refractivity contribution < 1.29 is 4.42 Å². The minimum atomic E-state index is -0.127. The van der Waals surface area contributed by atoms with Crippen LogP contribution in [0.3, 0.4) is 0 Å². The standard InChI is InChI=1S/C62H59BN2OS/c1-58(2,3)34-20-22-35(23-21-34)65-47-32-44-42(60(6,7)25-27-62(44,10)11)29-40(47)54-55-56-52(53-37-17-12-14-18-49(37)66-57(53)54)39-28-41-43(61(8,9)26-24-59(41,4)5)31-46(39)64(56)48-33-51-38(30-45(48)63(55)65)36-16-13-15-19-50(36)67-51/h12-23,28-33H,24-27H2,1-11H3. The minimum absolute atomic E-state index is 0.0238. The summed E-state index contributed by atoms with van der Waals surface area (Å²) in [6, 6.07) is 43.2. The van der Waals surface area contributed by atoms with Gasteiger partial charge in [-0.2, -0.15) is 0 Å². The molecule has 332 valence electrons. The van der Waals surface area contributed by atoms with Gasteiger partial charge >= 0.3 is 6.85 Å². The van der Waals surface area contributed by atoms with Gasteiger partial charge in [-0.15, -0.1) is 11.3 Å². The lowest BCUT2D eigenvalue weighted by Gasteiger charge is -2.46. The highest BCUT2D eigenvalue weighted by Gasteiger charge is 2.49. The second-order valence-corrected chi connectivity index (χ2v) is 25.7. The molecular formula is C62H59BN2OS. The molecule has 3 nitrogen and oxygen atoms in total. The van der Waals surface area contributed by atoms with E-state index in [2.05, 4.69) is 195 Å². The molecule has 10 aromatic rings. The predicted molar refractivity (Wildman–Crippen MR) is 289 cm³/mol. The summed E-state index contributed by atoms with van der Waals surface area (Å²) in [5, 5.41) is 7.78. The Balaban J connectivity index is 1.25. The first-order valence-corrected chi connectivity index (χ1v) is 25.7. The van der Waals surface area contributed by atoms with Gasteiger partial charge in [-0.25, -0.2) is 0 Å². The Morgan fingerprint density at radius 3 is 1.87 bits per heavy atom. The highest BCUT2D eigenvalue weighted by molar-refractivity contribution is 7.26. The topological polar surface area (TPSA) is 21.3 Å². The Labute approximate surface area is 398 Å². The largest absolute Gasteiger partial charge is 0.455 e. The molecule has 2 aliphatic carbocycles. The lowest BCUT2D eigenvalue weighted by atomic mass is 9.43. The molecule has 7 aromatic carbocycles. The second kappa shape index (κ2) is 12.7. The summed E-state index contributed by atoms with van der Waals surface area (Å²) in [7, 11) is 0. The first-order valence-electron chi connectivity index (χ1n) is 24.9. The molecule has 0 saturated heterocycles. The number of anilines is 2. The average molecular weight is 891 g/mol. The zero-order valence-corrected chi connectivity index (χ0v) is 41.8. The summed E-state index contributed by atoms with van der Waals surface area (Å²) in [4.78, 5) is 2.76. The number of hydrogen-bond acceptors (Lipinski definition) is 3. The molecule has 0 radical (unpaired) electrons. The van der Waals surface area contributed by atoms with E-state index in [-0.39, 0.29) is 33.9 Å². The SMILES string of the molecule is CC(C)(C)c1ccc(N2B3c4cc5c(cc4-n4c6cc7c(cc6c6c8c(oc9ccccc98)c(c3c64)-c3cc4c(cc32)C(C)(C)CCC4(C)C)C(C)(C)CCC7(C)C)sc2ccccc25)cc1. The van der Waals surface area contributed by atoms with Crippen molar-refractivity contribution in [2.45, 2.75) is 129 Å². The van der Waals surface area contributed by atoms with Gasteiger partial charge in [0.1, 0.15) is 11.2 Å². The highest BCUT2D eigenvalue weighted by Crippen LogP contribution is 2.57. The van der Waals surface area contributed by atoms with Crippen LogP contribution in [-0.4, -0.2) is 11.4 Å². The van der Waals surface area contributed by atoms with Crippen LogP contribution in [0.1, 0.15) is 130 Å². The number of para-hydroxylation sites is 1. The van der Waals surface area contributed by atoms with Crippen LogP contribution in [0.2, 0.25) is 0 Å². The first-order chi connectivity index (χ1) is 31.8. The molecule has 4 aliphatic rings. The van der Waals surface area contributed by atoms with Crippen LogP contribution < -0.4 is 15.7 Å². The van der Waals surface area contributed by atoms with E-state index >= 15 is 0 Å². The number of furan rings is 1. The van der Waals surface area contributed by atoms with Gasteiger partial charge in [0, 0.05) is 69.9 Å². The van der Waals surface area contributed by atoms with Crippen molar-refractivity contribution in [1.29, 1.82) is 0 Å². The Bertz CT molecular complexity index is 3860. The van der Waals surface area contributed by atoms with Crippen LogP contribution in [0.5, 0.6) is 0 Å². The van der Waals surface area contributed by atoms with Gasteiger partial charge in [-0.05, 0) is 146 Å². The number of aromatic nitrogens is 1. The van der Waals surface area contributed by atoms with Crippen molar-refractivity contribution in [2.24, 2.45) is 0 Å². The highest BCUT2D eigenvalue weighted by atomic mass is 32.1. The molecule has 0 saturated carbocycles. The molecule has 2 aliphatic heterocycles. The predicted octanol–water partition coefficient (Wildman–Crippen LogP) is 16.3. The zero-order valence-electron chi connectivity index (χ0n) is 41.0. The van der Waals surface area contributed by atoms with E-state index in [0.717, 1.165) is 24.0 Å². The lowest BCUT2D eigenvalue weighted by Crippen LogP contribution is -2.60. The van der Waals surface area contributed by atoms with Crippen LogP contribution in [0, 0.1) is 0 Å². The molecule has 0 unspecified atom stereocenters. The number of nitrogens with zero attached hydrogens (tertiary/aromatic N) is 2. The van der Waals surface area contributed by atoms with Crippen molar-refractivity contribution in [1.82, 2.24) is 4.57 Å². The van der Waals surface area contributed by atoms with Crippen molar-refractivity contribution in [3.63, 3.8) is 0 Å². The fraction of sp³-hybridized carbons (Fsp3) is 0.323. The summed E-state index contributed by atoms with van der Waals surface area (Å²) in [6.07, 6.45) is 4.65. The molecule has 5 heterocycles. The van der Waals surface area contributed by atoms with Gasteiger partial charge < -0.3 is 13.8 Å². The number of rotatable bonds is 1. The Kier molecular flexibility index (Phi) is 7.61. The number of hydrogen-bond donors (Lipinski definition) is 0. The number of thiophene rings is 1. The Hall–Kier alpha value is -5.78. The summed E-state index contributed by atoms with van der Waals surface area (Å²) >= 11 is 1.93. The van der Waals surface area contributed by atoms with Gasteiger partial charge in [0.05, 0.1) is 11.0 Å². The van der Waals surface area contributed by atoms with Crippen LogP contribution in [0.25, 0.3) is 80.7 Å². The van der Waals surface area contributed by atoms with E-state index in [4.69, 9.17) is 4.42 Å². The average Bonchev–Trinajstić information content (AvgIpc) is 3.97. The van der Waals surface area contributed by atoms with Gasteiger partial charge in [0.15, 0.2) is 0 Å². The maximum atomic E-state index is 7.44. The second-order valence-electron chi connectivity index (χ2n) is 24.6. The molecular weight excluding hydrogens is 832 g/mol. The first kappa shape index (κ1) is 40.3. The normalized spacial score (nSPS) is 18.6. The number of benzene rings is 7. The van der Waals surface area contributed by atoms with Crippen LogP contribution in [0.15, 0.2) is 114 Å².